The number of nitrogens with zero attached hydrogens (tertiary/aromatic N) is 2. The third-order valence-corrected chi connectivity index (χ3v) is 6.52. The van der Waals surface area contributed by atoms with Crippen LogP contribution in [-0.4, -0.2) is 22.1 Å². The highest BCUT2D eigenvalue weighted by Gasteiger charge is 2.42. The Balaban J connectivity index is 1.72. The van der Waals surface area contributed by atoms with Crippen molar-refractivity contribution in [3.05, 3.63) is 58.4 Å². The number of hydrogen-bond donors (Lipinski definition) is 1. The quantitative estimate of drug-likeness (QED) is 0.680. The van der Waals surface area contributed by atoms with E-state index in [1.807, 2.05) is 31.5 Å². The molecule has 2 aliphatic rings. The molecule has 0 fully saturated rings. The number of hydrogen-bond acceptors (Lipinski definition) is 4. The van der Waals surface area contributed by atoms with Gasteiger partial charge in [-0.25, -0.2) is 9.78 Å². The summed E-state index contributed by atoms with van der Waals surface area (Å²) in [6, 6.07) is 10.7. The van der Waals surface area contributed by atoms with Gasteiger partial charge in [-0.3, -0.25) is 0 Å². The summed E-state index contributed by atoms with van der Waals surface area (Å²) in [5.74, 6) is 0.690. The van der Waals surface area contributed by atoms with Crippen molar-refractivity contribution in [2.24, 2.45) is 7.05 Å². The minimum Gasteiger partial charge on any atom is -0.462 e. The molecule has 5 heteroatoms. The zero-order valence-electron chi connectivity index (χ0n) is 16.6. The van der Waals surface area contributed by atoms with E-state index in [0.29, 0.717) is 12.2 Å². The van der Waals surface area contributed by atoms with Crippen LogP contribution >= 0.6 is 0 Å². The van der Waals surface area contributed by atoms with Crippen molar-refractivity contribution in [2.45, 2.75) is 45.1 Å². The van der Waals surface area contributed by atoms with E-state index in [1.165, 1.54) is 11.1 Å². The predicted octanol–water partition coefficient (Wildman–Crippen LogP) is 4.26. The number of aromatic nitrogens is 2. The number of carbonyl (C=O) groups is 1. The largest absolute Gasteiger partial charge is 0.462 e. The van der Waals surface area contributed by atoms with Gasteiger partial charge in [-0.05, 0) is 62.3 Å². The lowest BCUT2D eigenvalue weighted by Crippen LogP contribution is -2.37. The van der Waals surface area contributed by atoms with Crippen molar-refractivity contribution in [3.8, 4) is 0 Å². The second kappa shape index (κ2) is 6.09. The summed E-state index contributed by atoms with van der Waals surface area (Å²) in [7, 11) is 2.00. The van der Waals surface area contributed by atoms with Gasteiger partial charge in [0.2, 0.25) is 0 Å². The highest BCUT2D eigenvalue weighted by molar-refractivity contribution is 6.02. The number of aryl methyl sites for hydroxylation is 3. The van der Waals surface area contributed by atoms with Crippen LogP contribution in [0.5, 0.6) is 0 Å². The first-order valence-electron chi connectivity index (χ1n) is 10.1. The minimum absolute atomic E-state index is 0.0742. The molecule has 0 saturated heterocycles. The Labute approximate surface area is 164 Å². The predicted molar refractivity (Wildman–Crippen MR) is 110 cm³/mol. The summed E-state index contributed by atoms with van der Waals surface area (Å²) in [6.07, 6.45) is 3.97. The summed E-state index contributed by atoms with van der Waals surface area (Å²) < 4.78 is 7.41. The van der Waals surface area contributed by atoms with E-state index in [2.05, 4.69) is 29.6 Å². The van der Waals surface area contributed by atoms with Crippen molar-refractivity contribution in [1.82, 2.24) is 9.55 Å². The molecule has 0 saturated carbocycles. The maximum absolute atomic E-state index is 12.7. The van der Waals surface area contributed by atoms with Gasteiger partial charge in [0.05, 0.1) is 28.9 Å². The molecule has 5 nitrogen and oxygen atoms in total. The minimum atomic E-state index is -0.246. The maximum atomic E-state index is 12.7. The van der Waals surface area contributed by atoms with E-state index in [9.17, 15) is 4.79 Å². The Morgan fingerprint density at radius 3 is 2.89 bits per heavy atom. The van der Waals surface area contributed by atoms with Gasteiger partial charge < -0.3 is 14.6 Å². The summed E-state index contributed by atoms with van der Waals surface area (Å²) in [4.78, 5) is 17.5. The molecule has 0 amide bonds. The van der Waals surface area contributed by atoms with Crippen LogP contribution in [0.1, 0.15) is 52.6 Å². The standard InChI is InChI=1S/C23H25N3O2/c1-4-28-22(27)17-13-19-21(24-14(2)26(19)3)20-16(17)10-12-23(25-20)11-9-15-7-5-6-8-18(15)23/h5-8,13,25H,4,9-12H2,1-3H3. The summed E-state index contributed by atoms with van der Waals surface area (Å²) in [5, 5.41) is 3.87. The third kappa shape index (κ3) is 2.32. The number of imidazole rings is 1. The highest BCUT2D eigenvalue weighted by atomic mass is 16.5. The van der Waals surface area contributed by atoms with Crippen LogP contribution in [0, 0.1) is 6.92 Å². The topological polar surface area (TPSA) is 56.1 Å². The molecule has 1 atom stereocenters. The Morgan fingerprint density at radius 1 is 1.29 bits per heavy atom. The van der Waals surface area contributed by atoms with E-state index < -0.39 is 0 Å². The molecular weight excluding hydrogens is 350 g/mol. The van der Waals surface area contributed by atoms with Crippen molar-refractivity contribution >= 4 is 22.7 Å². The van der Waals surface area contributed by atoms with Gasteiger partial charge >= 0.3 is 5.97 Å². The van der Waals surface area contributed by atoms with Gasteiger partial charge in [-0.15, -0.1) is 0 Å². The van der Waals surface area contributed by atoms with E-state index in [4.69, 9.17) is 9.72 Å². The van der Waals surface area contributed by atoms with E-state index in [0.717, 1.165) is 53.8 Å². The first-order chi connectivity index (χ1) is 13.5. The molecule has 1 spiro atoms. The molecule has 0 bridgehead atoms. The number of ether oxygens (including phenoxy) is 1. The smallest absolute Gasteiger partial charge is 0.338 e. The molecule has 28 heavy (non-hydrogen) atoms. The first-order valence-corrected chi connectivity index (χ1v) is 10.1. The molecular formula is C23H25N3O2. The van der Waals surface area contributed by atoms with Gasteiger partial charge in [-0.1, -0.05) is 24.3 Å². The molecule has 5 rings (SSSR count). The van der Waals surface area contributed by atoms with E-state index >= 15 is 0 Å². The first kappa shape index (κ1) is 17.3. The highest BCUT2D eigenvalue weighted by Crippen LogP contribution is 2.48. The molecule has 1 aliphatic carbocycles. The van der Waals surface area contributed by atoms with Crippen LogP contribution in [-0.2, 0) is 30.2 Å². The van der Waals surface area contributed by atoms with Gasteiger partial charge in [0.1, 0.15) is 11.3 Å². The fourth-order valence-corrected chi connectivity index (χ4v) is 4.98. The Morgan fingerprint density at radius 2 is 2.07 bits per heavy atom. The summed E-state index contributed by atoms with van der Waals surface area (Å²) in [6.45, 7) is 4.22. The molecule has 2 aromatic carbocycles. The molecule has 144 valence electrons. The second-order valence-electron chi connectivity index (χ2n) is 7.95. The monoisotopic (exact) mass is 375 g/mol. The van der Waals surface area contributed by atoms with Gasteiger partial charge in [0.25, 0.3) is 0 Å². The molecule has 2 heterocycles. The lowest BCUT2D eigenvalue weighted by molar-refractivity contribution is 0.0525. The molecule has 1 unspecified atom stereocenters. The Hall–Kier alpha value is -2.82. The number of nitrogens with one attached hydrogen (secondary N) is 1. The fraction of sp³-hybridized carbons (Fsp3) is 0.391. The molecule has 1 aromatic heterocycles. The van der Waals surface area contributed by atoms with Crippen molar-refractivity contribution in [1.29, 1.82) is 0 Å². The van der Waals surface area contributed by atoms with Gasteiger partial charge in [0, 0.05) is 7.05 Å². The Bertz CT molecular complexity index is 1110. The lowest BCUT2D eigenvalue weighted by atomic mass is 9.80. The maximum Gasteiger partial charge on any atom is 0.338 e. The number of anilines is 1. The van der Waals surface area contributed by atoms with Crippen LogP contribution < -0.4 is 5.32 Å². The normalized spacial score (nSPS) is 20.1. The fourth-order valence-electron chi connectivity index (χ4n) is 4.98. The van der Waals surface area contributed by atoms with Gasteiger partial charge in [-0.2, -0.15) is 0 Å². The number of esters is 1. The van der Waals surface area contributed by atoms with Crippen LogP contribution in [0.2, 0.25) is 0 Å². The van der Waals surface area contributed by atoms with Crippen molar-refractivity contribution < 1.29 is 9.53 Å². The van der Waals surface area contributed by atoms with E-state index in [1.54, 1.807) is 0 Å². The average Bonchev–Trinajstić information content (AvgIpc) is 3.20. The zero-order valence-corrected chi connectivity index (χ0v) is 16.6. The van der Waals surface area contributed by atoms with Crippen molar-refractivity contribution in [2.75, 3.05) is 11.9 Å². The van der Waals surface area contributed by atoms with Crippen LogP contribution in [0.3, 0.4) is 0 Å². The van der Waals surface area contributed by atoms with Crippen molar-refractivity contribution in [3.63, 3.8) is 0 Å². The number of carbonyl (C=O) groups excluding carboxylic acids is 1. The van der Waals surface area contributed by atoms with Crippen LogP contribution in [0.15, 0.2) is 30.3 Å². The lowest BCUT2D eigenvalue weighted by Gasteiger charge is -2.38. The van der Waals surface area contributed by atoms with Crippen LogP contribution in [0.4, 0.5) is 5.69 Å². The number of fused-ring (bicyclic) bond motifs is 5. The van der Waals surface area contributed by atoms with Gasteiger partial charge in [0.15, 0.2) is 0 Å². The average molecular weight is 375 g/mol. The molecule has 0 radical (unpaired) electrons. The van der Waals surface area contributed by atoms with Crippen LogP contribution in [0.25, 0.3) is 11.0 Å². The molecule has 1 N–H and O–H groups in total. The molecule has 3 aromatic rings. The Kier molecular flexibility index (Phi) is 3.76. The second-order valence-corrected chi connectivity index (χ2v) is 7.95. The zero-order chi connectivity index (χ0) is 19.5. The number of benzene rings is 2. The molecule has 1 aliphatic heterocycles. The summed E-state index contributed by atoms with van der Waals surface area (Å²) in [5.41, 5.74) is 7.38. The third-order valence-electron chi connectivity index (χ3n) is 6.52. The van der Waals surface area contributed by atoms with E-state index in [-0.39, 0.29) is 11.5 Å². The number of rotatable bonds is 2. The SMILES string of the molecule is CCOC(=O)c1cc2c(nc(C)n2C)c2c1CCC1(CCc3ccccc31)N2. The summed E-state index contributed by atoms with van der Waals surface area (Å²) >= 11 is 0.